The Labute approximate surface area is 171 Å². The van der Waals surface area contributed by atoms with Gasteiger partial charge in [-0.2, -0.15) is 13.2 Å². The van der Waals surface area contributed by atoms with Gasteiger partial charge in [0.05, 0.1) is 22.6 Å². The molecule has 4 rings (SSSR count). The van der Waals surface area contributed by atoms with Crippen LogP contribution in [0.15, 0.2) is 41.2 Å². The van der Waals surface area contributed by atoms with Gasteiger partial charge in [-0.1, -0.05) is 17.4 Å². The van der Waals surface area contributed by atoms with Gasteiger partial charge in [0.25, 0.3) is 0 Å². The number of hydrogen-bond acceptors (Lipinski definition) is 6. The second-order valence-electron chi connectivity index (χ2n) is 6.59. The van der Waals surface area contributed by atoms with E-state index in [1.165, 1.54) is 0 Å². The Bertz CT molecular complexity index is 1170. The Balaban J connectivity index is 1.64. The molecule has 2 heterocycles. The van der Waals surface area contributed by atoms with Gasteiger partial charge in [-0.15, -0.1) is 0 Å². The Morgan fingerprint density at radius 3 is 2.70 bits per heavy atom. The van der Waals surface area contributed by atoms with E-state index in [1.54, 1.807) is 18.2 Å². The molecule has 0 aliphatic carbocycles. The highest BCUT2D eigenvalue weighted by Crippen LogP contribution is 2.44. The first-order chi connectivity index (χ1) is 14.3. The second kappa shape index (κ2) is 7.52. The van der Waals surface area contributed by atoms with Crippen LogP contribution in [0.5, 0.6) is 23.1 Å². The van der Waals surface area contributed by atoms with Crippen molar-refractivity contribution in [2.75, 3.05) is 6.61 Å². The van der Waals surface area contributed by atoms with E-state index in [0.29, 0.717) is 29.9 Å². The van der Waals surface area contributed by atoms with Crippen molar-refractivity contribution in [3.05, 3.63) is 67.6 Å². The number of carbonyl (C=O) groups is 1. The standard InChI is InChI=1S/C20H14F3NO5S/c21-20(22,23)11-1-4-15(10(7-11)9-25)29-12-2-3-13-14(5-6-28-16(13)8-12)17-18(26)24-19(27)30-17/h1-4,7-9,14,26H,5-6H2,(H,24,27)/t14-/m1/s1. The average molecular weight is 437 g/mol. The minimum atomic E-state index is -4.57. The number of aromatic amines is 1. The quantitative estimate of drug-likeness (QED) is 0.579. The molecule has 10 heteroatoms. The summed E-state index contributed by atoms with van der Waals surface area (Å²) in [5.41, 5.74) is -0.440. The van der Waals surface area contributed by atoms with Crippen molar-refractivity contribution in [3.63, 3.8) is 0 Å². The first-order valence-corrected chi connectivity index (χ1v) is 9.61. The van der Waals surface area contributed by atoms with Crippen LogP contribution >= 0.6 is 11.3 Å². The van der Waals surface area contributed by atoms with Gasteiger partial charge in [-0.25, -0.2) is 0 Å². The highest BCUT2D eigenvalue weighted by Gasteiger charge is 2.31. The van der Waals surface area contributed by atoms with Gasteiger partial charge in [-0.05, 0) is 30.7 Å². The van der Waals surface area contributed by atoms with E-state index in [0.717, 1.165) is 35.1 Å². The lowest BCUT2D eigenvalue weighted by Gasteiger charge is -2.25. The summed E-state index contributed by atoms with van der Waals surface area (Å²) in [7, 11) is 0. The Morgan fingerprint density at radius 2 is 2.03 bits per heavy atom. The van der Waals surface area contributed by atoms with Gasteiger partial charge in [0, 0.05) is 17.5 Å². The summed E-state index contributed by atoms with van der Waals surface area (Å²) in [5.74, 6) is 0.283. The lowest BCUT2D eigenvalue weighted by atomic mass is 9.92. The molecule has 2 N–H and O–H groups in total. The zero-order chi connectivity index (χ0) is 21.5. The Morgan fingerprint density at radius 1 is 1.23 bits per heavy atom. The number of hydrogen-bond donors (Lipinski definition) is 2. The van der Waals surface area contributed by atoms with Crippen molar-refractivity contribution in [2.45, 2.75) is 18.5 Å². The molecule has 3 aromatic rings. The smallest absolute Gasteiger partial charge is 0.416 e. The molecule has 0 unspecified atom stereocenters. The molecule has 0 amide bonds. The Kier molecular flexibility index (Phi) is 5.02. The predicted molar refractivity (Wildman–Crippen MR) is 102 cm³/mol. The van der Waals surface area contributed by atoms with E-state index < -0.39 is 11.7 Å². The van der Waals surface area contributed by atoms with Crippen LogP contribution in [0, 0.1) is 0 Å². The predicted octanol–water partition coefficient (Wildman–Crippen LogP) is 4.68. The third-order valence-electron chi connectivity index (χ3n) is 4.69. The second-order valence-corrected chi connectivity index (χ2v) is 7.60. The zero-order valence-electron chi connectivity index (χ0n) is 15.2. The molecule has 1 aliphatic heterocycles. The summed E-state index contributed by atoms with van der Waals surface area (Å²) >= 11 is 0.921. The largest absolute Gasteiger partial charge is 0.494 e. The van der Waals surface area contributed by atoms with Crippen molar-refractivity contribution < 1.29 is 32.5 Å². The highest BCUT2D eigenvalue weighted by atomic mass is 32.1. The highest BCUT2D eigenvalue weighted by molar-refractivity contribution is 7.09. The fourth-order valence-corrected chi connectivity index (χ4v) is 4.19. The number of aldehydes is 1. The molecule has 0 bridgehead atoms. The van der Waals surface area contributed by atoms with Crippen LogP contribution < -0.4 is 14.3 Å². The van der Waals surface area contributed by atoms with Gasteiger partial charge in [0.1, 0.15) is 17.2 Å². The van der Waals surface area contributed by atoms with Crippen molar-refractivity contribution in [3.8, 4) is 23.1 Å². The molecule has 1 atom stereocenters. The van der Waals surface area contributed by atoms with E-state index in [9.17, 15) is 27.9 Å². The Hall–Kier alpha value is -3.27. The summed E-state index contributed by atoms with van der Waals surface area (Å²) in [6.45, 7) is 0.340. The van der Waals surface area contributed by atoms with Gasteiger partial charge >= 0.3 is 11.0 Å². The van der Waals surface area contributed by atoms with Crippen LogP contribution in [0.3, 0.4) is 0 Å². The lowest BCUT2D eigenvalue weighted by Crippen LogP contribution is -2.14. The van der Waals surface area contributed by atoms with E-state index in [1.807, 2.05) is 0 Å². The monoisotopic (exact) mass is 437 g/mol. The third kappa shape index (κ3) is 3.78. The average Bonchev–Trinajstić information content (AvgIpc) is 3.04. The van der Waals surface area contributed by atoms with Crippen molar-refractivity contribution in [1.82, 2.24) is 4.98 Å². The number of carbonyl (C=O) groups excluding carboxylic acids is 1. The molecule has 0 radical (unpaired) electrons. The SMILES string of the molecule is O=Cc1cc(C(F)(F)F)ccc1Oc1ccc2c(c1)OCC[C@H]2c1sc(=O)[nH]c1O. The normalized spacial score (nSPS) is 15.9. The van der Waals surface area contributed by atoms with Crippen LogP contribution in [0.25, 0.3) is 0 Å². The van der Waals surface area contributed by atoms with Crippen molar-refractivity contribution >= 4 is 17.6 Å². The minimum Gasteiger partial charge on any atom is -0.494 e. The van der Waals surface area contributed by atoms with Gasteiger partial charge in [0.15, 0.2) is 6.29 Å². The van der Waals surface area contributed by atoms with Crippen molar-refractivity contribution in [2.24, 2.45) is 0 Å². The molecule has 0 fully saturated rings. The van der Waals surface area contributed by atoms with Gasteiger partial charge in [0.2, 0.25) is 5.88 Å². The maximum atomic E-state index is 12.8. The first-order valence-electron chi connectivity index (χ1n) is 8.79. The summed E-state index contributed by atoms with van der Waals surface area (Å²) in [5, 5.41) is 9.97. The van der Waals surface area contributed by atoms with E-state index in [2.05, 4.69) is 4.98 Å². The molecule has 1 aromatic heterocycles. The molecule has 156 valence electrons. The zero-order valence-corrected chi connectivity index (χ0v) is 16.0. The maximum Gasteiger partial charge on any atom is 0.416 e. The summed E-state index contributed by atoms with van der Waals surface area (Å²) < 4.78 is 49.8. The molecule has 2 aromatic carbocycles. The molecular weight excluding hydrogens is 423 g/mol. The molecule has 30 heavy (non-hydrogen) atoms. The summed E-state index contributed by atoms with van der Waals surface area (Å²) in [6, 6.07) is 7.49. The summed E-state index contributed by atoms with van der Waals surface area (Å²) in [6.07, 6.45) is -3.71. The summed E-state index contributed by atoms with van der Waals surface area (Å²) in [4.78, 5) is 25.3. The minimum absolute atomic E-state index is 0.0215. The molecule has 1 aliphatic rings. The molecule has 6 nitrogen and oxygen atoms in total. The molecule has 0 saturated heterocycles. The number of benzene rings is 2. The lowest BCUT2D eigenvalue weighted by molar-refractivity contribution is -0.137. The molecular formula is C20H14F3NO5S. The number of nitrogens with one attached hydrogen (secondary N) is 1. The number of aromatic hydroxyl groups is 1. The molecule has 0 spiro atoms. The van der Waals surface area contributed by atoms with Gasteiger partial charge in [-0.3, -0.25) is 14.6 Å². The van der Waals surface area contributed by atoms with E-state index >= 15 is 0 Å². The van der Waals surface area contributed by atoms with E-state index in [4.69, 9.17) is 9.47 Å². The van der Waals surface area contributed by atoms with Crippen molar-refractivity contribution in [1.29, 1.82) is 0 Å². The van der Waals surface area contributed by atoms with Gasteiger partial charge < -0.3 is 14.6 Å². The number of aromatic nitrogens is 1. The topological polar surface area (TPSA) is 88.6 Å². The van der Waals surface area contributed by atoms with Crippen LogP contribution in [0.2, 0.25) is 0 Å². The fraction of sp³-hybridized carbons (Fsp3) is 0.200. The third-order valence-corrected chi connectivity index (χ3v) is 5.67. The number of fused-ring (bicyclic) bond motifs is 1. The number of ether oxygens (including phenoxy) is 2. The first kappa shape index (κ1) is 20.0. The van der Waals surface area contributed by atoms with Crippen LogP contribution in [0.1, 0.15) is 38.7 Å². The van der Waals surface area contributed by atoms with Crippen LogP contribution in [-0.4, -0.2) is 23.0 Å². The number of H-pyrrole nitrogens is 1. The number of thiazole rings is 1. The number of halogens is 3. The maximum absolute atomic E-state index is 12.8. The van der Waals surface area contributed by atoms with Crippen LogP contribution in [0.4, 0.5) is 13.2 Å². The molecule has 0 saturated carbocycles. The number of rotatable bonds is 4. The van der Waals surface area contributed by atoms with E-state index in [-0.39, 0.29) is 33.7 Å². The number of alkyl halides is 3. The fourth-order valence-electron chi connectivity index (χ4n) is 3.31. The van der Waals surface area contributed by atoms with Crippen LogP contribution in [-0.2, 0) is 6.18 Å².